The van der Waals surface area contributed by atoms with Gasteiger partial charge in [0.1, 0.15) is 22.3 Å². The Balaban J connectivity index is 0.00000138. The van der Waals surface area contributed by atoms with Crippen LogP contribution in [0.4, 0.5) is 0 Å². The van der Waals surface area contributed by atoms with Gasteiger partial charge in [-0.2, -0.15) is 9.97 Å². The maximum absolute atomic E-state index is 6.39. The van der Waals surface area contributed by atoms with Crippen molar-refractivity contribution in [3.63, 3.8) is 0 Å². The molecule has 0 amide bonds. The number of rotatable bonds is 4. The molecule has 308 valence electrons. The molecule has 0 radical (unpaired) electrons. The van der Waals surface area contributed by atoms with Crippen LogP contribution in [-0.2, 0) is 0 Å². The standard InChI is InChI=1S/C55H30N4O2S.C3H8/c1-2-11-32-27-45-44(26-31(32)10-1)43-16-9-15-36(33-20-25-42-41-14-5-8-19-50(41)62-51(42)30-33)52(43)59(45)55-57-53(34-21-23-39-37-12-3-6-17-46(37)60-48(39)28-34)56-54(58-55)35-22-24-40-38-13-4-7-18-47(38)61-49(40)29-35;1-3-2/h1-30H;3H2,1-2H3. The normalized spacial score (nSPS) is 11.9. The highest BCUT2D eigenvalue weighted by molar-refractivity contribution is 7.25. The number of fused-ring (bicyclic) bond motifs is 13. The summed E-state index contributed by atoms with van der Waals surface area (Å²) in [6, 6.07) is 64.0. The Morgan fingerprint density at radius 1 is 0.415 bits per heavy atom. The number of hydrogen-bond donors (Lipinski definition) is 0. The third-order valence-corrected chi connectivity index (χ3v) is 13.6. The molecule has 6 nitrogen and oxygen atoms in total. The van der Waals surface area contributed by atoms with Crippen LogP contribution in [-0.4, -0.2) is 19.5 Å². The Morgan fingerprint density at radius 3 is 1.62 bits per heavy atom. The zero-order valence-electron chi connectivity index (χ0n) is 35.5. The molecule has 5 aromatic heterocycles. The van der Waals surface area contributed by atoms with Crippen LogP contribution in [0.3, 0.4) is 0 Å². The van der Waals surface area contributed by atoms with Crippen molar-refractivity contribution in [2.75, 3.05) is 0 Å². The average molecular weight is 855 g/mol. The van der Waals surface area contributed by atoms with Gasteiger partial charge in [0.15, 0.2) is 11.6 Å². The maximum atomic E-state index is 6.39. The first-order valence-electron chi connectivity index (χ1n) is 22.1. The zero-order valence-corrected chi connectivity index (χ0v) is 36.4. The van der Waals surface area contributed by atoms with E-state index in [9.17, 15) is 0 Å². The lowest BCUT2D eigenvalue weighted by Crippen LogP contribution is -2.07. The lowest BCUT2D eigenvalue weighted by Gasteiger charge is -2.13. The molecule has 0 unspecified atom stereocenters. The Labute approximate surface area is 376 Å². The molecule has 0 fully saturated rings. The van der Waals surface area contributed by atoms with E-state index in [1.807, 2.05) is 59.9 Å². The SMILES string of the molecule is CCC.c1ccc2cc3c(cc2c1)c1cccc(-c2ccc4c(c2)sc2ccccc24)c1n3-c1nc(-c2ccc3c(c2)oc2ccccc23)nc(-c2ccc3c(c2)oc2ccccc23)n1. The number of aromatic nitrogens is 4. The van der Waals surface area contributed by atoms with Gasteiger partial charge in [0.05, 0.1) is 11.0 Å². The van der Waals surface area contributed by atoms with E-state index in [2.05, 4.69) is 152 Å². The zero-order chi connectivity index (χ0) is 43.2. The van der Waals surface area contributed by atoms with Crippen molar-refractivity contribution in [1.82, 2.24) is 19.5 Å². The fraction of sp³-hybridized carbons (Fsp3) is 0.0517. The summed E-state index contributed by atoms with van der Waals surface area (Å²) in [5.41, 5.74) is 9.16. The van der Waals surface area contributed by atoms with Gasteiger partial charge in [0, 0.05) is 69.2 Å². The molecule has 7 heteroatoms. The predicted molar refractivity (Wildman–Crippen MR) is 271 cm³/mol. The van der Waals surface area contributed by atoms with Crippen molar-refractivity contribution >= 4 is 108 Å². The number of hydrogen-bond acceptors (Lipinski definition) is 6. The minimum atomic E-state index is 0.519. The van der Waals surface area contributed by atoms with Gasteiger partial charge in [-0.05, 0) is 77.0 Å². The minimum absolute atomic E-state index is 0.519. The molecule has 0 aliphatic rings. The molecule has 14 aromatic rings. The lowest BCUT2D eigenvalue weighted by atomic mass is 10.00. The molecule has 0 atom stereocenters. The first kappa shape index (κ1) is 37.4. The summed E-state index contributed by atoms with van der Waals surface area (Å²) in [5.74, 6) is 1.60. The van der Waals surface area contributed by atoms with Crippen LogP contribution < -0.4 is 0 Å². The molecule has 0 spiro atoms. The fourth-order valence-corrected chi connectivity index (χ4v) is 10.7. The average Bonchev–Trinajstić information content (AvgIpc) is 4.11. The highest BCUT2D eigenvalue weighted by Crippen LogP contribution is 2.43. The van der Waals surface area contributed by atoms with E-state index in [1.54, 1.807) is 0 Å². The van der Waals surface area contributed by atoms with Crippen LogP contribution in [0, 0.1) is 0 Å². The van der Waals surface area contributed by atoms with Gasteiger partial charge < -0.3 is 8.83 Å². The molecule has 14 rings (SSSR count). The number of para-hydroxylation sites is 3. The molecular formula is C58H38N4O2S. The van der Waals surface area contributed by atoms with E-state index in [0.717, 1.165) is 93.3 Å². The molecule has 0 saturated carbocycles. The van der Waals surface area contributed by atoms with Crippen LogP contribution in [0.2, 0.25) is 0 Å². The smallest absolute Gasteiger partial charge is 0.238 e. The predicted octanol–water partition coefficient (Wildman–Crippen LogP) is 16.7. The molecule has 0 bridgehead atoms. The van der Waals surface area contributed by atoms with Gasteiger partial charge in [-0.3, -0.25) is 4.57 Å². The second-order valence-electron chi connectivity index (χ2n) is 16.7. The van der Waals surface area contributed by atoms with Crippen molar-refractivity contribution in [1.29, 1.82) is 0 Å². The monoisotopic (exact) mass is 854 g/mol. The molecular weight excluding hydrogens is 817 g/mol. The summed E-state index contributed by atoms with van der Waals surface area (Å²) >= 11 is 1.83. The summed E-state index contributed by atoms with van der Waals surface area (Å²) < 4.78 is 17.6. The van der Waals surface area contributed by atoms with Crippen molar-refractivity contribution in [2.24, 2.45) is 0 Å². The molecule has 0 saturated heterocycles. The molecule has 0 N–H and O–H groups in total. The molecule has 9 aromatic carbocycles. The minimum Gasteiger partial charge on any atom is -0.456 e. The van der Waals surface area contributed by atoms with Crippen LogP contribution >= 0.6 is 11.3 Å². The largest absolute Gasteiger partial charge is 0.456 e. The molecule has 65 heavy (non-hydrogen) atoms. The molecule has 0 aliphatic heterocycles. The highest BCUT2D eigenvalue weighted by atomic mass is 32.1. The van der Waals surface area contributed by atoms with Gasteiger partial charge in [0.2, 0.25) is 5.95 Å². The topological polar surface area (TPSA) is 69.9 Å². The molecule has 0 aliphatic carbocycles. The highest BCUT2D eigenvalue weighted by Gasteiger charge is 2.23. The summed E-state index contributed by atoms with van der Waals surface area (Å²) in [6.45, 7) is 4.25. The number of nitrogens with zero attached hydrogens (tertiary/aromatic N) is 4. The third-order valence-electron chi connectivity index (χ3n) is 12.4. The first-order chi connectivity index (χ1) is 32.1. The van der Waals surface area contributed by atoms with Crippen molar-refractivity contribution in [2.45, 2.75) is 20.3 Å². The Morgan fingerprint density at radius 2 is 0.938 bits per heavy atom. The molecule has 5 heterocycles. The van der Waals surface area contributed by atoms with Crippen LogP contribution in [0.15, 0.2) is 191 Å². The van der Waals surface area contributed by atoms with Gasteiger partial charge in [-0.15, -0.1) is 11.3 Å². The van der Waals surface area contributed by atoms with Crippen molar-refractivity contribution < 1.29 is 8.83 Å². The van der Waals surface area contributed by atoms with Gasteiger partial charge in [-0.1, -0.05) is 142 Å². The van der Waals surface area contributed by atoms with Crippen molar-refractivity contribution in [3.05, 3.63) is 182 Å². The van der Waals surface area contributed by atoms with Gasteiger partial charge >= 0.3 is 0 Å². The Bertz CT molecular complexity index is 4080. The summed E-state index contributed by atoms with van der Waals surface area (Å²) in [6.07, 6.45) is 1.25. The van der Waals surface area contributed by atoms with Crippen molar-refractivity contribution in [3.8, 4) is 39.9 Å². The maximum Gasteiger partial charge on any atom is 0.238 e. The first-order valence-corrected chi connectivity index (χ1v) is 22.9. The van der Waals surface area contributed by atoms with E-state index in [0.29, 0.717) is 17.6 Å². The quantitative estimate of drug-likeness (QED) is 0.176. The fourth-order valence-electron chi connectivity index (χ4n) is 9.54. The van der Waals surface area contributed by atoms with E-state index in [1.165, 1.54) is 32.0 Å². The Kier molecular flexibility index (Phi) is 8.48. The van der Waals surface area contributed by atoms with E-state index < -0.39 is 0 Å². The lowest BCUT2D eigenvalue weighted by molar-refractivity contribution is 0.668. The third kappa shape index (κ3) is 5.96. The second-order valence-corrected chi connectivity index (χ2v) is 17.8. The summed E-state index contributed by atoms with van der Waals surface area (Å²) in [5, 5.41) is 11.3. The van der Waals surface area contributed by atoms with Gasteiger partial charge in [0.25, 0.3) is 0 Å². The van der Waals surface area contributed by atoms with E-state index >= 15 is 0 Å². The van der Waals surface area contributed by atoms with Gasteiger partial charge in [-0.25, -0.2) is 4.98 Å². The number of benzene rings is 9. The second kappa shape index (κ2) is 14.7. The number of furan rings is 2. The van der Waals surface area contributed by atoms with E-state index in [-0.39, 0.29) is 0 Å². The Hall–Kier alpha value is -8.13. The number of thiophene rings is 1. The van der Waals surface area contributed by atoms with Crippen LogP contribution in [0.5, 0.6) is 0 Å². The summed E-state index contributed by atoms with van der Waals surface area (Å²) in [7, 11) is 0. The van der Waals surface area contributed by atoms with Crippen LogP contribution in [0.25, 0.3) is 136 Å². The summed E-state index contributed by atoms with van der Waals surface area (Å²) in [4.78, 5) is 16.0. The van der Waals surface area contributed by atoms with Crippen LogP contribution in [0.1, 0.15) is 20.3 Å². The van der Waals surface area contributed by atoms with E-state index in [4.69, 9.17) is 23.8 Å².